The number of unbranched alkanes of at least 4 members (excludes halogenated alkanes) is 100. The summed E-state index contributed by atoms with van der Waals surface area (Å²) in [6, 6.07) is 0. The summed E-state index contributed by atoms with van der Waals surface area (Å²) in [5.74, 6) is 0.652. The average Bonchev–Trinajstić information content (AvgIpc) is 0.856. The SMILES string of the molecule is CCCCCCCCCCCCCCSC(CCCCCCCCCCCCCC)(CCCCCCCCCCCCCC)C(=O)[O-].CCCCCCCCCCCCCCSC(CCCCCCCCCCCCCC)(CCCCCCCCCCCCCC)C(=O)[O-].CCCCCCCCCCCCCCSC(CCCCCCCCCCCCCC)(CCCCCCCCCCCCCC)C(=O)[O-].CCC[CH2][Sn+3]. The zero-order valence-electron chi connectivity index (χ0n) is 102. The van der Waals surface area contributed by atoms with Crippen LogP contribution in [0.15, 0.2) is 0 Å². The van der Waals surface area contributed by atoms with Crippen LogP contribution in [-0.2, 0) is 14.4 Å². The van der Waals surface area contributed by atoms with Gasteiger partial charge in [-0.2, -0.15) is 0 Å². The molecule has 10 heteroatoms. The molecule has 0 rings (SSSR count). The summed E-state index contributed by atoms with van der Waals surface area (Å²) in [6.07, 6.45) is 152. The van der Waals surface area contributed by atoms with Crippen molar-refractivity contribution in [3.63, 3.8) is 0 Å². The van der Waals surface area contributed by atoms with Gasteiger partial charge in [-0.1, -0.05) is 736 Å². The van der Waals surface area contributed by atoms with E-state index in [9.17, 15) is 29.7 Å². The van der Waals surface area contributed by atoms with Gasteiger partial charge in [-0.3, -0.25) is 0 Å². The first-order valence-corrected chi connectivity index (χ1v) is 73.0. The molecule has 0 fully saturated rings. The third-order valence-electron chi connectivity index (χ3n) is 32.4. The molecule has 0 unspecified atom stereocenters. The number of hydrogen-bond acceptors (Lipinski definition) is 9. The number of carbonyl (C=O) groups is 3. The van der Waals surface area contributed by atoms with E-state index in [-0.39, 0.29) is 0 Å². The second-order valence-corrected chi connectivity index (χ2v) is 52.9. The topological polar surface area (TPSA) is 120 Å². The Morgan fingerprint density at radius 2 is 0.219 bits per heavy atom. The maximum absolute atomic E-state index is 12.7. The van der Waals surface area contributed by atoms with Gasteiger partial charge in [-0.05, 0) is 75.0 Å². The predicted octanol–water partition coefficient (Wildman–Crippen LogP) is 46.6. The number of carboxylic acid groups (broad SMARTS) is 3. The summed E-state index contributed by atoms with van der Waals surface area (Å²) in [4.78, 5) is 38.1. The first kappa shape index (κ1) is 152. The third kappa shape index (κ3) is 118. The van der Waals surface area contributed by atoms with Crippen molar-refractivity contribution in [1.29, 1.82) is 0 Å². The zero-order valence-corrected chi connectivity index (χ0v) is 107. The summed E-state index contributed by atoms with van der Waals surface area (Å²) in [5.41, 5.74) is 0. The van der Waals surface area contributed by atoms with Gasteiger partial charge in [0, 0.05) is 0 Å². The molecule has 0 spiro atoms. The molecule has 0 radical (unpaired) electrons. The van der Waals surface area contributed by atoms with Crippen molar-refractivity contribution in [3.05, 3.63) is 0 Å². The normalized spacial score (nSPS) is 11.8. The molecule has 0 N–H and O–H groups in total. The summed E-state index contributed by atoms with van der Waals surface area (Å²) in [5, 5.41) is 38.1. The minimum atomic E-state index is -0.771. The first-order valence-electron chi connectivity index (χ1n) is 68.0. The summed E-state index contributed by atoms with van der Waals surface area (Å²) >= 11 is 6.97. The maximum atomic E-state index is 12.7. The van der Waals surface area contributed by atoms with E-state index in [1.807, 2.05) is 0 Å². The molecule has 872 valence electrons. The molecule has 0 atom stereocenters. The van der Waals surface area contributed by atoms with Crippen molar-refractivity contribution in [2.75, 3.05) is 17.3 Å². The van der Waals surface area contributed by atoms with E-state index in [4.69, 9.17) is 0 Å². The number of rotatable bonds is 125. The van der Waals surface area contributed by atoms with Crippen LogP contribution < -0.4 is 15.3 Å². The fourth-order valence-electron chi connectivity index (χ4n) is 21.9. The Labute approximate surface area is 947 Å². The number of thioether (sulfide) groups is 3. The van der Waals surface area contributed by atoms with Crippen LogP contribution in [0.2, 0.25) is 4.44 Å². The van der Waals surface area contributed by atoms with Crippen LogP contribution in [0.3, 0.4) is 0 Å². The molecule has 0 aromatic heterocycles. The van der Waals surface area contributed by atoms with E-state index in [0.717, 1.165) is 114 Å². The molecule has 0 aliphatic carbocycles. The fourth-order valence-corrected chi connectivity index (χ4v) is 27.2. The molecule has 0 aromatic carbocycles. The zero-order chi connectivity index (χ0) is 107. The quantitative estimate of drug-likeness (QED) is 0.0433. The van der Waals surface area contributed by atoms with E-state index in [1.165, 1.54) is 653 Å². The molecule has 0 heterocycles. The van der Waals surface area contributed by atoms with Crippen LogP contribution in [0.25, 0.3) is 0 Å². The van der Waals surface area contributed by atoms with Gasteiger partial charge in [0.1, 0.15) is 0 Å². The van der Waals surface area contributed by atoms with Gasteiger partial charge in [0.2, 0.25) is 0 Å². The van der Waals surface area contributed by atoms with Crippen molar-refractivity contribution in [2.24, 2.45) is 0 Å². The Hall–Kier alpha value is 0.259. The van der Waals surface area contributed by atoms with Crippen LogP contribution >= 0.6 is 35.3 Å². The average molecular weight is 2220 g/mol. The van der Waals surface area contributed by atoms with Crippen molar-refractivity contribution in [2.45, 2.75) is 833 Å². The van der Waals surface area contributed by atoms with Gasteiger partial charge in [-0.25, -0.2) is 0 Å². The molecule has 0 aromatic rings. The Balaban J connectivity index is -0.00000101. The van der Waals surface area contributed by atoms with Crippen LogP contribution in [0, 0.1) is 0 Å². The molecular formula is C136H270O6S3Sn. The van der Waals surface area contributed by atoms with Gasteiger partial charge >= 0.3 is 46.7 Å². The molecule has 0 bridgehead atoms. The van der Waals surface area contributed by atoms with Crippen molar-refractivity contribution < 1.29 is 29.7 Å². The van der Waals surface area contributed by atoms with Crippen LogP contribution in [0.5, 0.6) is 0 Å². The van der Waals surface area contributed by atoms with Crippen LogP contribution in [0.4, 0.5) is 0 Å². The molecule has 0 amide bonds. The number of carbonyl (C=O) groups excluding carboxylic acids is 3. The number of carboxylic acids is 3. The van der Waals surface area contributed by atoms with Crippen molar-refractivity contribution in [1.82, 2.24) is 0 Å². The van der Waals surface area contributed by atoms with Gasteiger partial charge in [0.05, 0.1) is 32.1 Å². The first-order chi connectivity index (χ1) is 71.8. The Kier molecular flexibility index (Phi) is 140. The third-order valence-corrected chi connectivity index (χ3v) is 38.3. The molecule has 146 heavy (non-hydrogen) atoms. The van der Waals surface area contributed by atoms with Gasteiger partial charge in [-0.15, -0.1) is 35.3 Å². The van der Waals surface area contributed by atoms with Gasteiger partial charge in [0.15, 0.2) is 0 Å². The molecule has 0 saturated carbocycles. The standard InChI is InChI=1S/3C44H88O2S.C4H9.Sn/c3*1-4-7-10-13-16-19-22-25-28-31-34-37-40-44(43(45)46,41-38-35-32-29-26-23-20-17-14-11-8-5-2)47-42-39-36-33-30-27-24-21-18-15-12-9-6-3;1-3-4-2;/h3*4-42H2,1-3H3,(H,45,46);1,3-4H2,2H3;/q;;;;+3/p-3. The van der Waals surface area contributed by atoms with E-state index in [1.54, 1.807) is 57.8 Å². The summed E-state index contributed by atoms with van der Waals surface area (Å²) in [7, 11) is 0. The van der Waals surface area contributed by atoms with Gasteiger partial charge in [0.25, 0.3) is 0 Å². The van der Waals surface area contributed by atoms with E-state index < -0.39 is 32.1 Å². The van der Waals surface area contributed by atoms with E-state index in [2.05, 4.69) is 69.2 Å². The Bertz CT molecular complexity index is 2040. The van der Waals surface area contributed by atoms with Crippen molar-refractivity contribution >= 4 is 75.7 Å². The van der Waals surface area contributed by atoms with Crippen LogP contribution in [0.1, 0.15) is 814 Å². The molecule has 0 saturated heterocycles. The minimum absolute atomic E-state index is 0.658. The van der Waals surface area contributed by atoms with Crippen molar-refractivity contribution in [3.8, 4) is 0 Å². The number of hydrogen-bond donors (Lipinski definition) is 0. The van der Waals surface area contributed by atoms with E-state index in [0.29, 0.717) is 0 Å². The summed E-state index contributed by atoms with van der Waals surface area (Å²) < 4.78 is -0.540. The van der Waals surface area contributed by atoms with Crippen LogP contribution in [-0.4, -0.2) is 71.9 Å². The summed E-state index contributed by atoms with van der Waals surface area (Å²) in [6.45, 7) is 22.8. The Morgan fingerprint density at radius 3 is 0.295 bits per heavy atom. The van der Waals surface area contributed by atoms with E-state index >= 15 is 0 Å². The molecule has 0 aliphatic rings. The molecule has 6 nitrogen and oxygen atoms in total. The molecule has 0 aliphatic heterocycles. The number of aliphatic carboxylic acids is 3. The fraction of sp³-hybridized carbons (Fsp3) is 0.978. The predicted molar refractivity (Wildman–Crippen MR) is 663 cm³/mol. The Morgan fingerprint density at radius 1 is 0.137 bits per heavy atom. The van der Waals surface area contributed by atoms with Gasteiger partial charge < -0.3 is 29.7 Å². The molecular weight excluding hydrogens is 1940 g/mol. The second-order valence-electron chi connectivity index (χ2n) is 47.0. The second kappa shape index (κ2) is 134. The monoisotopic (exact) mass is 2220 g/mol.